The smallest absolute Gasteiger partial charge is 0.269 e. The third kappa shape index (κ3) is 4.75. The number of hydrogen-bond donors (Lipinski definition) is 1. The van der Waals surface area contributed by atoms with Crippen molar-refractivity contribution in [3.63, 3.8) is 0 Å². The molecule has 0 aliphatic heterocycles. The zero-order valence-corrected chi connectivity index (χ0v) is 15.3. The summed E-state index contributed by atoms with van der Waals surface area (Å²) in [6.07, 6.45) is 0. The van der Waals surface area contributed by atoms with Crippen LogP contribution >= 0.6 is 11.6 Å². The fourth-order valence-electron chi connectivity index (χ4n) is 2.19. The summed E-state index contributed by atoms with van der Waals surface area (Å²) < 4.78 is 32.8. The third-order valence-electron chi connectivity index (χ3n) is 3.51. The number of nitrogens with one attached hydrogen (secondary N) is 1. The van der Waals surface area contributed by atoms with Crippen molar-refractivity contribution < 1.29 is 18.1 Å². The van der Waals surface area contributed by atoms with Crippen molar-refractivity contribution in [2.75, 3.05) is 4.72 Å². The Balaban J connectivity index is 1.72. The Morgan fingerprint density at radius 3 is 1.89 bits per heavy atom. The molecule has 3 aromatic rings. The predicted octanol–water partition coefficient (Wildman–Crippen LogP) is 4.84. The van der Waals surface area contributed by atoms with Gasteiger partial charge in [0.2, 0.25) is 0 Å². The number of hydrogen-bond acceptors (Lipinski definition) is 5. The highest BCUT2D eigenvalue weighted by atomic mass is 35.5. The summed E-state index contributed by atoms with van der Waals surface area (Å²) in [6, 6.07) is 17.7. The van der Waals surface area contributed by atoms with E-state index in [0.717, 1.165) is 0 Å². The molecule has 0 aliphatic carbocycles. The molecule has 0 aromatic heterocycles. The minimum absolute atomic E-state index is 0.0444. The summed E-state index contributed by atoms with van der Waals surface area (Å²) in [7, 11) is -3.75. The van der Waals surface area contributed by atoms with Gasteiger partial charge in [-0.1, -0.05) is 11.6 Å². The Labute approximate surface area is 160 Å². The van der Waals surface area contributed by atoms with Crippen molar-refractivity contribution in [2.45, 2.75) is 4.90 Å². The van der Waals surface area contributed by atoms with E-state index in [1.165, 1.54) is 48.5 Å². The molecule has 7 nitrogen and oxygen atoms in total. The lowest BCUT2D eigenvalue weighted by Gasteiger charge is -2.09. The van der Waals surface area contributed by atoms with E-state index in [0.29, 0.717) is 22.2 Å². The van der Waals surface area contributed by atoms with Gasteiger partial charge in [0.1, 0.15) is 11.5 Å². The van der Waals surface area contributed by atoms with Crippen LogP contribution in [0.3, 0.4) is 0 Å². The lowest BCUT2D eigenvalue weighted by atomic mass is 10.3. The number of nitrogens with zero attached hydrogens (tertiary/aromatic N) is 1. The summed E-state index contributed by atoms with van der Waals surface area (Å²) in [5.74, 6) is 0.796. The number of ether oxygens (including phenoxy) is 1. The second-order valence-electron chi connectivity index (χ2n) is 5.44. The van der Waals surface area contributed by atoms with E-state index in [2.05, 4.69) is 4.72 Å². The normalized spacial score (nSPS) is 11.0. The summed E-state index contributed by atoms with van der Waals surface area (Å²) in [6.45, 7) is 0. The van der Waals surface area contributed by atoms with E-state index in [-0.39, 0.29) is 10.6 Å². The number of nitro groups is 1. The van der Waals surface area contributed by atoms with Crippen LogP contribution in [0.1, 0.15) is 0 Å². The molecule has 0 bridgehead atoms. The number of sulfonamides is 1. The summed E-state index contributed by atoms with van der Waals surface area (Å²) in [5, 5.41) is 11.2. The minimum Gasteiger partial charge on any atom is -0.457 e. The average Bonchev–Trinajstić information content (AvgIpc) is 2.64. The topological polar surface area (TPSA) is 98.5 Å². The van der Waals surface area contributed by atoms with Crippen LogP contribution < -0.4 is 9.46 Å². The van der Waals surface area contributed by atoms with Gasteiger partial charge in [0.15, 0.2) is 0 Å². The number of nitro benzene ring substituents is 1. The van der Waals surface area contributed by atoms with E-state index in [9.17, 15) is 18.5 Å². The van der Waals surface area contributed by atoms with Crippen LogP contribution in [-0.2, 0) is 10.0 Å². The summed E-state index contributed by atoms with van der Waals surface area (Å²) in [4.78, 5) is 10.2. The van der Waals surface area contributed by atoms with E-state index >= 15 is 0 Å². The van der Waals surface area contributed by atoms with Crippen LogP contribution in [0.5, 0.6) is 11.5 Å². The Kier molecular flexibility index (Phi) is 5.29. The maximum atomic E-state index is 12.4. The number of anilines is 1. The SMILES string of the molecule is O=[N+]([O-])c1ccc(Oc2ccc(S(=O)(=O)Nc3ccc(Cl)cc3)cc2)cc1. The van der Waals surface area contributed by atoms with Crippen LogP contribution in [0.2, 0.25) is 5.02 Å². The Morgan fingerprint density at radius 1 is 0.852 bits per heavy atom. The van der Waals surface area contributed by atoms with Crippen molar-refractivity contribution in [1.29, 1.82) is 0 Å². The zero-order chi connectivity index (χ0) is 19.4. The molecule has 0 atom stereocenters. The molecule has 138 valence electrons. The fraction of sp³-hybridized carbons (Fsp3) is 0. The minimum atomic E-state index is -3.75. The average molecular weight is 405 g/mol. The molecule has 3 aromatic carbocycles. The molecule has 0 spiro atoms. The van der Waals surface area contributed by atoms with E-state index in [1.54, 1.807) is 24.3 Å². The van der Waals surface area contributed by atoms with Crippen molar-refractivity contribution in [1.82, 2.24) is 0 Å². The Morgan fingerprint density at radius 2 is 1.37 bits per heavy atom. The van der Waals surface area contributed by atoms with Crippen LogP contribution in [0.15, 0.2) is 77.7 Å². The highest BCUT2D eigenvalue weighted by Crippen LogP contribution is 2.25. The van der Waals surface area contributed by atoms with Crippen molar-refractivity contribution in [3.05, 3.63) is 87.9 Å². The van der Waals surface area contributed by atoms with Crippen LogP contribution in [0, 0.1) is 10.1 Å². The second-order valence-corrected chi connectivity index (χ2v) is 7.56. The van der Waals surface area contributed by atoms with Crippen LogP contribution in [-0.4, -0.2) is 13.3 Å². The van der Waals surface area contributed by atoms with Gasteiger partial charge in [-0.25, -0.2) is 8.42 Å². The quantitative estimate of drug-likeness (QED) is 0.468. The lowest BCUT2D eigenvalue weighted by Crippen LogP contribution is -2.12. The molecule has 0 unspecified atom stereocenters. The largest absolute Gasteiger partial charge is 0.457 e. The first-order valence-corrected chi connectivity index (χ1v) is 9.50. The van der Waals surface area contributed by atoms with Crippen molar-refractivity contribution in [2.24, 2.45) is 0 Å². The number of rotatable bonds is 6. The van der Waals surface area contributed by atoms with Gasteiger partial charge in [0.25, 0.3) is 15.7 Å². The number of benzene rings is 3. The zero-order valence-electron chi connectivity index (χ0n) is 13.7. The molecule has 0 amide bonds. The molecule has 27 heavy (non-hydrogen) atoms. The maximum Gasteiger partial charge on any atom is 0.269 e. The van der Waals surface area contributed by atoms with Gasteiger partial charge in [-0.2, -0.15) is 0 Å². The van der Waals surface area contributed by atoms with Gasteiger partial charge in [-0.15, -0.1) is 0 Å². The Bertz CT molecular complexity index is 1050. The first-order chi connectivity index (χ1) is 12.8. The molecular weight excluding hydrogens is 392 g/mol. The molecule has 0 saturated heterocycles. The first-order valence-electron chi connectivity index (χ1n) is 7.64. The van der Waals surface area contributed by atoms with Gasteiger partial charge < -0.3 is 4.74 Å². The van der Waals surface area contributed by atoms with Crippen LogP contribution in [0.25, 0.3) is 0 Å². The molecule has 1 N–H and O–H groups in total. The number of non-ortho nitro benzene ring substituents is 1. The van der Waals surface area contributed by atoms with Crippen molar-refractivity contribution >= 4 is 33.0 Å². The molecule has 0 heterocycles. The monoisotopic (exact) mass is 404 g/mol. The standard InChI is InChI=1S/C18H13ClN2O5S/c19-13-1-3-14(4-2-13)20-27(24,25)18-11-9-17(10-12-18)26-16-7-5-15(6-8-16)21(22)23/h1-12,20H. The van der Waals surface area contributed by atoms with E-state index in [4.69, 9.17) is 16.3 Å². The lowest BCUT2D eigenvalue weighted by molar-refractivity contribution is -0.384. The Hall–Kier alpha value is -3.10. The van der Waals surface area contributed by atoms with Crippen LogP contribution in [0.4, 0.5) is 11.4 Å². The second kappa shape index (κ2) is 7.65. The van der Waals surface area contributed by atoms with Gasteiger partial charge in [0, 0.05) is 22.8 Å². The molecule has 0 fully saturated rings. The van der Waals surface area contributed by atoms with Gasteiger partial charge >= 0.3 is 0 Å². The first kappa shape index (κ1) is 18.7. The van der Waals surface area contributed by atoms with Gasteiger partial charge in [0.05, 0.1) is 9.82 Å². The number of halogens is 1. The molecule has 9 heteroatoms. The van der Waals surface area contributed by atoms with Crippen molar-refractivity contribution in [3.8, 4) is 11.5 Å². The molecule has 0 aliphatic rings. The van der Waals surface area contributed by atoms with Gasteiger partial charge in [-0.3, -0.25) is 14.8 Å². The molecule has 3 rings (SSSR count). The van der Waals surface area contributed by atoms with E-state index in [1.807, 2.05) is 0 Å². The molecule has 0 saturated carbocycles. The molecule has 0 radical (unpaired) electrons. The molecular formula is C18H13ClN2O5S. The third-order valence-corrected chi connectivity index (χ3v) is 5.16. The predicted molar refractivity (Wildman–Crippen MR) is 102 cm³/mol. The van der Waals surface area contributed by atoms with Gasteiger partial charge in [-0.05, 0) is 60.7 Å². The maximum absolute atomic E-state index is 12.4. The van der Waals surface area contributed by atoms with E-state index < -0.39 is 14.9 Å². The summed E-state index contributed by atoms with van der Waals surface area (Å²) in [5.41, 5.74) is 0.350. The highest BCUT2D eigenvalue weighted by molar-refractivity contribution is 7.92. The highest BCUT2D eigenvalue weighted by Gasteiger charge is 2.14. The fourth-order valence-corrected chi connectivity index (χ4v) is 3.38. The summed E-state index contributed by atoms with van der Waals surface area (Å²) >= 11 is 5.78.